The Bertz CT molecular complexity index is 656. The van der Waals surface area contributed by atoms with E-state index in [9.17, 15) is 4.39 Å². The van der Waals surface area contributed by atoms with Crippen molar-refractivity contribution < 1.29 is 4.39 Å². The Kier molecular flexibility index (Phi) is 9.62. The highest BCUT2D eigenvalue weighted by Crippen LogP contribution is 2.48. The smallest absolute Gasteiger partial charge is 0.191 e. The van der Waals surface area contributed by atoms with Crippen molar-refractivity contribution in [1.29, 1.82) is 0 Å². The van der Waals surface area contributed by atoms with Crippen LogP contribution in [-0.4, -0.2) is 74.2 Å². The summed E-state index contributed by atoms with van der Waals surface area (Å²) in [6.45, 7) is 14.7. The van der Waals surface area contributed by atoms with Crippen LogP contribution in [0.15, 0.2) is 29.3 Å². The SMILES string of the molecule is CCNC(=NCC1(c2cccc(F)c2)CC1)NCC(C)N1CCN(CC)CC1.I. The first kappa shape index (κ1) is 24.3. The summed E-state index contributed by atoms with van der Waals surface area (Å²) in [5.74, 6) is 0.707. The molecule has 0 aromatic heterocycles. The maximum Gasteiger partial charge on any atom is 0.191 e. The molecule has 1 saturated heterocycles. The molecule has 1 aromatic carbocycles. The standard InChI is InChI=1S/C22H36FN5.HI/c1-4-24-21(25-16-18(3)28-13-11-27(5-2)12-14-28)26-17-22(9-10-22)19-7-6-8-20(23)15-19;/h6-8,15,18H,4-5,9-14,16-17H2,1-3H3,(H2,24,25,26);1H. The van der Waals surface area contributed by atoms with Gasteiger partial charge in [-0.3, -0.25) is 9.89 Å². The first-order chi connectivity index (χ1) is 13.6. The Hall–Kier alpha value is -0.930. The summed E-state index contributed by atoms with van der Waals surface area (Å²) in [7, 11) is 0. The van der Waals surface area contributed by atoms with Gasteiger partial charge in [-0.2, -0.15) is 0 Å². The predicted molar refractivity (Wildman–Crippen MR) is 130 cm³/mol. The van der Waals surface area contributed by atoms with Crippen molar-refractivity contribution in [1.82, 2.24) is 20.4 Å². The van der Waals surface area contributed by atoms with Crippen molar-refractivity contribution in [3.63, 3.8) is 0 Å². The molecule has 0 spiro atoms. The Morgan fingerprint density at radius 1 is 1.17 bits per heavy atom. The summed E-state index contributed by atoms with van der Waals surface area (Å²) in [5, 5.41) is 6.87. The zero-order valence-corrected chi connectivity index (χ0v) is 20.4. The minimum absolute atomic E-state index is 0. The molecule has 1 atom stereocenters. The van der Waals surface area contributed by atoms with Gasteiger partial charge in [-0.05, 0) is 50.9 Å². The van der Waals surface area contributed by atoms with Crippen LogP contribution in [0.1, 0.15) is 39.2 Å². The van der Waals surface area contributed by atoms with Gasteiger partial charge in [0.05, 0.1) is 6.54 Å². The normalized spacial score (nSPS) is 20.6. The summed E-state index contributed by atoms with van der Waals surface area (Å²) < 4.78 is 13.6. The lowest BCUT2D eigenvalue weighted by Gasteiger charge is -2.37. The van der Waals surface area contributed by atoms with Gasteiger partial charge in [0.15, 0.2) is 5.96 Å². The fraction of sp³-hybridized carbons (Fsp3) is 0.682. The van der Waals surface area contributed by atoms with E-state index in [1.165, 1.54) is 6.07 Å². The van der Waals surface area contributed by atoms with Crippen molar-refractivity contribution in [3.05, 3.63) is 35.6 Å². The molecule has 3 rings (SSSR count). The average molecular weight is 517 g/mol. The van der Waals surface area contributed by atoms with Crippen LogP contribution < -0.4 is 10.6 Å². The predicted octanol–water partition coefficient (Wildman–Crippen LogP) is 3.06. The van der Waals surface area contributed by atoms with Crippen molar-refractivity contribution in [2.45, 2.75) is 45.1 Å². The number of guanidine groups is 1. The third-order valence-corrected chi connectivity index (χ3v) is 6.22. The Balaban J connectivity index is 0.00000300. The monoisotopic (exact) mass is 517 g/mol. The van der Waals surface area contributed by atoms with E-state index < -0.39 is 0 Å². The van der Waals surface area contributed by atoms with Gasteiger partial charge in [-0.1, -0.05) is 19.1 Å². The van der Waals surface area contributed by atoms with Crippen LogP contribution in [0.5, 0.6) is 0 Å². The molecular weight excluding hydrogens is 480 g/mol. The minimum Gasteiger partial charge on any atom is -0.357 e. The third kappa shape index (κ3) is 6.79. The number of nitrogens with zero attached hydrogens (tertiary/aromatic N) is 3. The number of hydrogen-bond acceptors (Lipinski definition) is 3. The molecule has 1 aliphatic heterocycles. The fourth-order valence-electron chi connectivity index (χ4n) is 3.97. The van der Waals surface area contributed by atoms with Crippen molar-refractivity contribution in [2.75, 3.05) is 52.4 Å². The molecule has 1 aromatic rings. The van der Waals surface area contributed by atoms with Gasteiger partial charge >= 0.3 is 0 Å². The number of aliphatic imine (C=N–C) groups is 1. The van der Waals surface area contributed by atoms with Crippen molar-refractivity contribution in [3.8, 4) is 0 Å². The molecule has 1 unspecified atom stereocenters. The molecule has 5 nitrogen and oxygen atoms in total. The molecule has 7 heteroatoms. The lowest BCUT2D eigenvalue weighted by Crippen LogP contribution is -2.53. The molecule has 2 fully saturated rings. The van der Waals surface area contributed by atoms with Crippen LogP contribution in [0.4, 0.5) is 4.39 Å². The highest BCUT2D eigenvalue weighted by Gasteiger charge is 2.44. The largest absolute Gasteiger partial charge is 0.357 e. The number of benzene rings is 1. The average Bonchev–Trinajstić information content (AvgIpc) is 3.51. The molecule has 29 heavy (non-hydrogen) atoms. The molecule has 2 aliphatic rings. The van der Waals surface area contributed by atoms with E-state index >= 15 is 0 Å². The van der Waals surface area contributed by atoms with Crippen molar-refractivity contribution >= 4 is 29.9 Å². The summed E-state index contributed by atoms with van der Waals surface area (Å²) in [6.07, 6.45) is 2.16. The van der Waals surface area contributed by atoms with Crippen LogP contribution >= 0.6 is 24.0 Å². The van der Waals surface area contributed by atoms with Crippen LogP contribution in [-0.2, 0) is 5.41 Å². The molecule has 1 aliphatic carbocycles. The van der Waals surface area contributed by atoms with E-state index in [0.717, 1.165) is 70.2 Å². The Labute approximate surface area is 192 Å². The first-order valence-electron chi connectivity index (χ1n) is 10.8. The third-order valence-electron chi connectivity index (χ3n) is 6.22. The number of rotatable bonds is 8. The quantitative estimate of drug-likeness (QED) is 0.316. The van der Waals surface area contributed by atoms with E-state index in [4.69, 9.17) is 4.99 Å². The molecule has 0 radical (unpaired) electrons. The number of likely N-dealkylation sites (N-methyl/N-ethyl adjacent to an activating group) is 1. The summed E-state index contributed by atoms with van der Waals surface area (Å²) in [5.41, 5.74) is 1.10. The Morgan fingerprint density at radius 3 is 2.48 bits per heavy atom. The van der Waals surface area contributed by atoms with Gasteiger partial charge in [0, 0.05) is 50.7 Å². The van der Waals surface area contributed by atoms with Gasteiger partial charge in [0.2, 0.25) is 0 Å². The van der Waals surface area contributed by atoms with E-state index in [2.05, 4.69) is 41.2 Å². The minimum atomic E-state index is -0.158. The molecule has 0 bridgehead atoms. The number of piperazine rings is 1. The maximum absolute atomic E-state index is 13.6. The second kappa shape index (κ2) is 11.5. The number of halogens is 2. The van der Waals surface area contributed by atoms with Gasteiger partial charge in [0.25, 0.3) is 0 Å². The van der Waals surface area contributed by atoms with Crippen LogP contribution in [0.2, 0.25) is 0 Å². The lowest BCUT2D eigenvalue weighted by molar-refractivity contribution is 0.107. The zero-order valence-electron chi connectivity index (χ0n) is 18.1. The first-order valence-corrected chi connectivity index (χ1v) is 10.8. The van der Waals surface area contributed by atoms with Gasteiger partial charge in [-0.15, -0.1) is 24.0 Å². The van der Waals surface area contributed by atoms with E-state index in [0.29, 0.717) is 12.6 Å². The number of nitrogens with one attached hydrogen (secondary N) is 2. The van der Waals surface area contributed by atoms with E-state index in [1.807, 2.05) is 6.07 Å². The maximum atomic E-state index is 13.6. The van der Waals surface area contributed by atoms with Crippen LogP contribution in [0, 0.1) is 5.82 Å². The molecule has 2 N–H and O–H groups in total. The second-order valence-electron chi connectivity index (χ2n) is 8.19. The molecule has 164 valence electrons. The highest BCUT2D eigenvalue weighted by molar-refractivity contribution is 14.0. The fourth-order valence-corrected chi connectivity index (χ4v) is 3.97. The second-order valence-corrected chi connectivity index (χ2v) is 8.19. The lowest BCUT2D eigenvalue weighted by atomic mass is 9.96. The van der Waals surface area contributed by atoms with Crippen LogP contribution in [0.25, 0.3) is 0 Å². The van der Waals surface area contributed by atoms with E-state index in [-0.39, 0.29) is 35.2 Å². The van der Waals surface area contributed by atoms with Gasteiger partial charge < -0.3 is 15.5 Å². The Morgan fingerprint density at radius 2 is 1.90 bits per heavy atom. The summed E-state index contributed by atoms with van der Waals surface area (Å²) in [6, 6.07) is 7.49. The van der Waals surface area contributed by atoms with Gasteiger partial charge in [-0.25, -0.2) is 4.39 Å². The molecule has 0 amide bonds. The van der Waals surface area contributed by atoms with Crippen LogP contribution in [0.3, 0.4) is 0 Å². The number of hydrogen-bond donors (Lipinski definition) is 2. The topological polar surface area (TPSA) is 42.9 Å². The summed E-state index contributed by atoms with van der Waals surface area (Å²) >= 11 is 0. The van der Waals surface area contributed by atoms with Gasteiger partial charge in [0.1, 0.15) is 5.82 Å². The molecule has 1 heterocycles. The highest BCUT2D eigenvalue weighted by atomic mass is 127. The van der Waals surface area contributed by atoms with Crippen molar-refractivity contribution in [2.24, 2.45) is 4.99 Å². The summed E-state index contributed by atoms with van der Waals surface area (Å²) in [4.78, 5) is 9.90. The van der Waals surface area contributed by atoms with E-state index in [1.54, 1.807) is 12.1 Å². The molecular formula is C22H37FIN5. The molecule has 1 saturated carbocycles. The zero-order chi connectivity index (χ0) is 20.0.